The Kier molecular flexibility index (Phi) is 37.9. The smallest absolute Gasteiger partial charge is 0.391 e. The number of likely N-dealkylation sites (N-methyl/N-ethyl adjacent to an activating group) is 1. The minimum absolute atomic E-state index is 0.0650. The summed E-state index contributed by atoms with van der Waals surface area (Å²) >= 11 is 0. The van der Waals surface area contributed by atoms with Crippen LogP contribution < -0.4 is 5.32 Å². The van der Waals surface area contributed by atoms with Crippen molar-refractivity contribution in [2.45, 2.75) is 206 Å². The molecule has 0 aliphatic heterocycles. The van der Waals surface area contributed by atoms with E-state index in [1.807, 2.05) is 21.1 Å². The fourth-order valence-corrected chi connectivity index (χ4v) is 7.18. The van der Waals surface area contributed by atoms with Crippen molar-refractivity contribution in [3.63, 3.8) is 0 Å². The summed E-state index contributed by atoms with van der Waals surface area (Å²) in [5, 5.41) is 13.9. The lowest BCUT2D eigenvalue weighted by molar-refractivity contribution is -0.870. The van der Waals surface area contributed by atoms with Crippen molar-refractivity contribution < 1.29 is 32.9 Å². The van der Waals surface area contributed by atoms with Crippen LogP contribution in [-0.4, -0.2) is 73.4 Å². The van der Waals surface area contributed by atoms with Crippen LogP contribution in [0, 0.1) is 0 Å². The number of aliphatic hydroxyl groups is 1. The predicted octanol–water partition coefficient (Wildman–Crippen LogP) is 12.9. The first-order valence-corrected chi connectivity index (χ1v) is 24.5. The van der Waals surface area contributed by atoms with E-state index in [9.17, 15) is 19.4 Å². The van der Waals surface area contributed by atoms with Crippen LogP contribution >= 0.6 is 7.82 Å². The van der Waals surface area contributed by atoms with Gasteiger partial charge in [0.2, 0.25) is 5.91 Å². The minimum atomic E-state index is -4.33. The molecule has 8 nitrogen and oxygen atoms in total. The Morgan fingerprint density at radius 1 is 0.625 bits per heavy atom. The number of phosphoric ester groups is 1. The van der Waals surface area contributed by atoms with E-state index in [2.05, 4.69) is 67.8 Å². The molecule has 0 saturated heterocycles. The molecule has 0 aromatic rings. The van der Waals surface area contributed by atoms with Gasteiger partial charge in [-0.05, 0) is 51.4 Å². The fraction of sp³-hybridized carbons (Fsp3) is 0.809. The summed E-state index contributed by atoms with van der Waals surface area (Å²) < 4.78 is 23.6. The third-order valence-electron chi connectivity index (χ3n) is 10.1. The van der Waals surface area contributed by atoms with Crippen molar-refractivity contribution in [2.24, 2.45) is 0 Å². The van der Waals surface area contributed by atoms with Crippen molar-refractivity contribution in [3.05, 3.63) is 48.6 Å². The van der Waals surface area contributed by atoms with Gasteiger partial charge in [-0.3, -0.25) is 13.8 Å². The molecule has 0 fully saturated rings. The molecule has 56 heavy (non-hydrogen) atoms. The number of unbranched alkanes of at least 4 members (excludes halogenated alkanes) is 20. The molecule has 9 heteroatoms. The molecule has 0 radical (unpaired) electrons. The third kappa shape index (κ3) is 40.6. The summed E-state index contributed by atoms with van der Waals surface area (Å²) in [6, 6.07) is -0.783. The second-order valence-corrected chi connectivity index (χ2v) is 18.2. The Bertz CT molecular complexity index is 1050. The molecule has 3 N–H and O–H groups in total. The number of rotatable bonds is 41. The Labute approximate surface area is 346 Å². The first-order valence-electron chi connectivity index (χ1n) is 23.0. The molecule has 0 spiro atoms. The van der Waals surface area contributed by atoms with Gasteiger partial charge in [-0.15, -0.1) is 0 Å². The van der Waals surface area contributed by atoms with Crippen LogP contribution in [-0.2, 0) is 18.4 Å². The Morgan fingerprint density at radius 3 is 1.54 bits per heavy atom. The monoisotopic (exact) mass is 810 g/mol. The van der Waals surface area contributed by atoms with Gasteiger partial charge in [0.25, 0.3) is 0 Å². The van der Waals surface area contributed by atoms with Crippen LogP contribution in [0.2, 0.25) is 0 Å². The third-order valence-corrected chi connectivity index (χ3v) is 11.1. The number of carbonyl (C=O) groups excluding carboxylic acids is 1. The van der Waals surface area contributed by atoms with E-state index in [4.69, 9.17) is 9.05 Å². The van der Waals surface area contributed by atoms with Crippen LogP contribution in [0.25, 0.3) is 0 Å². The topological polar surface area (TPSA) is 105 Å². The number of phosphoric acid groups is 1. The Hall–Kier alpha value is -1.54. The van der Waals surface area contributed by atoms with Gasteiger partial charge in [0.15, 0.2) is 0 Å². The summed E-state index contributed by atoms with van der Waals surface area (Å²) in [6.45, 7) is 4.74. The summed E-state index contributed by atoms with van der Waals surface area (Å²) in [6.07, 6.45) is 48.6. The highest BCUT2D eigenvalue weighted by Gasteiger charge is 2.28. The normalized spacial score (nSPS) is 14.8. The predicted molar refractivity (Wildman–Crippen MR) is 240 cm³/mol. The summed E-state index contributed by atoms with van der Waals surface area (Å²) in [7, 11) is 1.58. The standard InChI is InChI=1S/C47H89N2O6P/c1-6-8-10-12-14-16-18-20-22-23-24-25-27-28-30-32-34-36-38-40-46(50)45(44-55-56(52,53)54-43-42-49(3,4)5)48-47(51)41-39-37-35-33-31-29-26-21-19-17-15-13-11-9-7-2/h9,11,15,17,21,26,31,33,45-46,50H,6-8,10,12-14,16,18-20,22-25,27-30,32,34-44H2,1-5H3,(H-,48,51,52,53)/p+1/b11-9-,17-15-,26-21-,33-31-. The van der Waals surface area contributed by atoms with Gasteiger partial charge < -0.3 is 19.8 Å². The fourth-order valence-electron chi connectivity index (χ4n) is 6.45. The van der Waals surface area contributed by atoms with Gasteiger partial charge in [0.1, 0.15) is 13.2 Å². The molecule has 1 amide bonds. The number of hydrogen-bond donors (Lipinski definition) is 3. The second kappa shape index (κ2) is 38.9. The molecule has 3 unspecified atom stereocenters. The number of carbonyl (C=O) groups is 1. The summed E-state index contributed by atoms with van der Waals surface area (Å²) in [4.78, 5) is 23.1. The van der Waals surface area contributed by atoms with Crippen LogP contribution in [0.1, 0.15) is 194 Å². The molecule has 328 valence electrons. The maximum Gasteiger partial charge on any atom is 0.472 e. The highest BCUT2D eigenvalue weighted by molar-refractivity contribution is 7.47. The van der Waals surface area contributed by atoms with Crippen molar-refractivity contribution in [2.75, 3.05) is 40.9 Å². The van der Waals surface area contributed by atoms with E-state index < -0.39 is 20.0 Å². The number of hydrogen-bond acceptors (Lipinski definition) is 5. The maximum atomic E-state index is 12.9. The number of allylic oxidation sites excluding steroid dienone is 8. The number of nitrogens with one attached hydrogen (secondary N) is 1. The van der Waals surface area contributed by atoms with Crippen LogP contribution in [0.4, 0.5) is 0 Å². The van der Waals surface area contributed by atoms with Crippen molar-refractivity contribution in [3.8, 4) is 0 Å². The maximum absolute atomic E-state index is 12.9. The van der Waals surface area contributed by atoms with E-state index in [-0.39, 0.29) is 19.1 Å². The van der Waals surface area contributed by atoms with E-state index >= 15 is 0 Å². The minimum Gasteiger partial charge on any atom is -0.391 e. The van der Waals surface area contributed by atoms with Crippen LogP contribution in [0.5, 0.6) is 0 Å². The lowest BCUT2D eigenvalue weighted by Crippen LogP contribution is -2.46. The number of aliphatic hydroxyl groups excluding tert-OH is 1. The first kappa shape index (κ1) is 54.5. The van der Waals surface area contributed by atoms with E-state index in [1.165, 1.54) is 103 Å². The van der Waals surface area contributed by atoms with Gasteiger partial charge in [-0.1, -0.05) is 184 Å². The van der Waals surface area contributed by atoms with Gasteiger partial charge in [-0.2, -0.15) is 0 Å². The van der Waals surface area contributed by atoms with Gasteiger partial charge in [0.05, 0.1) is 39.9 Å². The highest BCUT2D eigenvalue weighted by Crippen LogP contribution is 2.43. The van der Waals surface area contributed by atoms with Gasteiger partial charge in [-0.25, -0.2) is 4.57 Å². The molecule has 0 aliphatic rings. The quantitative estimate of drug-likeness (QED) is 0.0246. The average molecular weight is 810 g/mol. The molecule has 0 aromatic carbocycles. The SMILES string of the molecule is CC/C=C\C/C=C\C/C=C\C/C=C\CCCCC(=O)NC(COP(=O)(O)OCC[N+](C)(C)C)C(O)CCCCCCCCCCCCCCCCCCCCC. The Morgan fingerprint density at radius 2 is 1.07 bits per heavy atom. The van der Waals surface area contributed by atoms with Gasteiger partial charge in [0, 0.05) is 6.42 Å². The summed E-state index contributed by atoms with van der Waals surface area (Å²) in [5.41, 5.74) is 0. The molecule has 0 saturated carbocycles. The van der Waals surface area contributed by atoms with Crippen molar-refractivity contribution in [1.82, 2.24) is 5.32 Å². The molecule has 0 heterocycles. The van der Waals surface area contributed by atoms with Crippen LogP contribution in [0.15, 0.2) is 48.6 Å². The molecule has 0 bridgehead atoms. The number of nitrogens with zero attached hydrogens (tertiary/aromatic N) is 1. The van der Waals surface area contributed by atoms with Crippen molar-refractivity contribution >= 4 is 13.7 Å². The van der Waals surface area contributed by atoms with Crippen molar-refractivity contribution in [1.29, 1.82) is 0 Å². The lowest BCUT2D eigenvalue weighted by Gasteiger charge is -2.26. The summed E-state index contributed by atoms with van der Waals surface area (Å²) in [5.74, 6) is -0.185. The number of amides is 1. The van der Waals surface area contributed by atoms with E-state index in [0.29, 0.717) is 23.9 Å². The number of quaternary nitrogens is 1. The zero-order chi connectivity index (χ0) is 41.4. The Balaban J connectivity index is 4.39. The molecule has 0 aromatic heterocycles. The first-order chi connectivity index (χ1) is 27.0. The average Bonchev–Trinajstić information content (AvgIpc) is 3.15. The molecular weight excluding hydrogens is 719 g/mol. The molecule has 0 aliphatic carbocycles. The largest absolute Gasteiger partial charge is 0.472 e. The second-order valence-electron chi connectivity index (χ2n) is 16.8. The van der Waals surface area contributed by atoms with Gasteiger partial charge >= 0.3 is 7.82 Å². The highest BCUT2D eigenvalue weighted by atomic mass is 31.2. The van der Waals surface area contributed by atoms with Crippen LogP contribution in [0.3, 0.4) is 0 Å². The molecule has 0 rings (SSSR count). The zero-order valence-corrected chi connectivity index (χ0v) is 38.0. The lowest BCUT2D eigenvalue weighted by atomic mass is 10.0. The van der Waals surface area contributed by atoms with E-state index in [0.717, 1.165) is 64.2 Å². The zero-order valence-electron chi connectivity index (χ0n) is 37.1. The molecule has 3 atom stereocenters. The molecular formula is C47H90N2O6P+. The van der Waals surface area contributed by atoms with E-state index in [1.54, 1.807) is 0 Å².